The van der Waals surface area contributed by atoms with E-state index in [9.17, 15) is 0 Å². The molecule has 3 aliphatic carbocycles. The third-order valence-corrected chi connectivity index (χ3v) is 7.60. The zero-order valence-corrected chi connectivity index (χ0v) is 17.9. The van der Waals surface area contributed by atoms with E-state index in [2.05, 4.69) is 98.8 Å². The third-order valence-electron chi connectivity index (χ3n) is 7.60. The van der Waals surface area contributed by atoms with Crippen molar-refractivity contribution in [1.82, 2.24) is 0 Å². The van der Waals surface area contributed by atoms with Gasteiger partial charge in [0, 0.05) is 11.8 Å². The van der Waals surface area contributed by atoms with Crippen molar-refractivity contribution in [2.24, 2.45) is 5.92 Å². The van der Waals surface area contributed by atoms with Crippen LogP contribution in [-0.4, -0.2) is 0 Å². The van der Waals surface area contributed by atoms with Crippen LogP contribution in [-0.2, 0) is 6.42 Å². The highest BCUT2D eigenvalue weighted by Crippen LogP contribution is 2.56. The molecule has 0 N–H and O–H groups in total. The molecule has 0 fully saturated rings. The molecule has 31 heavy (non-hydrogen) atoms. The number of hydrogen-bond donors (Lipinski definition) is 0. The monoisotopic (exact) mass is 396 g/mol. The van der Waals surface area contributed by atoms with E-state index in [4.69, 9.17) is 0 Å². The highest BCUT2D eigenvalue weighted by atomic mass is 14.4. The number of allylic oxidation sites excluding steroid dienone is 6. The van der Waals surface area contributed by atoms with E-state index < -0.39 is 0 Å². The van der Waals surface area contributed by atoms with E-state index in [1.54, 1.807) is 11.1 Å². The first-order valence-electron chi connectivity index (χ1n) is 11.3. The molecule has 0 nitrogen and oxygen atoms in total. The van der Waals surface area contributed by atoms with Gasteiger partial charge in [-0.15, -0.1) is 0 Å². The summed E-state index contributed by atoms with van der Waals surface area (Å²) in [7, 11) is 0. The SMILES string of the molecule is Cc1ccc2c(c1)C1C=CC=CC1C1=C2Cc2c1c1ccccc1c1cc(C)ccc21. The summed E-state index contributed by atoms with van der Waals surface area (Å²) < 4.78 is 0. The second kappa shape index (κ2) is 6.08. The first kappa shape index (κ1) is 17.3. The van der Waals surface area contributed by atoms with Crippen molar-refractivity contribution in [3.63, 3.8) is 0 Å². The van der Waals surface area contributed by atoms with Crippen LogP contribution >= 0.6 is 0 Å². The van der Waals surface area contributed by atoms with Gasteiger partial charge in [0.05, 0.1) is 0 Å². The first-order valence-corrected chi connectivity index (χ1v) is 11.3. The van der Waals surface area contributed by atoms with Crippen LogP contribution in [0.1, 0.15) is 39.3 Å². The van der Waals surface area contributed by atoms with Gasteiger partial charge in [0.1, 0.15) is 0 Å². The van der Waals surface area contributed by atoms with Gasteiger partial charge in [-0.2, -0.15) is 0 Å². The standard InChI is InChI=1S/C31H24/c1-18-11-13-22-26(15-18)20-7-3-5-9-24(20)30-28(22)17-29-23-14-12-19(2)16-27(23)21-8-4-6-10-25(21)31(29)30/h3-16,20,24H,17H2,1-2H3. The van der Waals surface area contributed by atoms with Gasteiger partial charge < -0.3 is 0 Å². The predicted molar refractivity (Wildman–Crippen MR) is 132 cm³/mol. The molecule has 2 atom stereocenters. The maximum Gasteiger partial charge on any atom is 0.0134 e. The lowest BCUT2D eigenvalue weighted by Gasteiger charge is -2.34. The molecule has 0 spiro atoms. The molecule has 0 heteroatoms. The van der Waals surface area contributed by atoms with Gasteiger partial charge in [-0.05, 0) is 75.2 Å². The maximum atomic E-state index is 2.44. The third kappa shape index (κ3) is 2.25. The fraction of sp³-hybridized carbons (Fsp3) is 0.161. The second-order valence-corrected chi connectivity index (χ2v) is 9.43. The number of benzene rings is 4. The molecule has 0 aliphatic heterocycles. The second-order valence-electron chi connectivity index (χ2n) is 9.43. The minimum atomic E-state index is 0.418. The largest absolute Gasteiger partial charge is 0.0761 e. The number of rotatable bonds is 0. The summed E-state index contributed by atoms with van der Waals surface area (Å²) in [5, 5.41) is 5.62. The Labute approximate surface area is 183 Å². The summed E-state index contributed by atoms with van der Waals surface area (Å²) in [6, 6.07) is 23.1. The van der Waals surface area contributed by atoms with Crippen molar-refractivity contribution < 1.29 is 0 Å². The van der Waals surface area contributed by atoms with Crippen LogP contribution in [0.3, 0.4) is 0 Å². The highest BCUT2D eigenvalue weighted by molar-refractivity contribution is 6.19. The molecule has 0 bridgehead atoms. The Morgan fingerprint density at radius 3 is 2.29 bits per heavy atom. The topological polar surface area (TPSA) is 0 Å². The van der Waals surface area contributed by atoms with Gasteiger partial charge in [-0.25, -0.2) is 0 Å². The molecule has 3 aliphatic rings. The molecule has 0 aromatic heterocycles. The average molecular weight is 397 g/mol. The smallest absolute Gasteiger partial charge is 0.0134 e. The lowest BCUT2D eigenvalue weighted by atomic mass is 9.69. The molecule has 0 saturated carbocycles. The Balaban J connectivity index is 1.63. The first-order chi connectivity index (χ1) is 15.2. The van der Waals surface area contributed by atoms with E-state index in [1.807, 2.05) is 0 Å². The maximum absolute atomic E-state index is 2.44. The van der Waals surface area contributed by atoms with Gasteiger partial charge in [-0.3, -0.25) is 0 Å². The minimum absolute atomic E-state index is 0.418. The van der Waals surface area contributed by atoms with Crippen molar-refractivity contribution in [3.05, 3.63) is 118 Å². The zero-order valence-electron chi connectivity index (χ0n) is 17.9. The van der Waals surface area contributed by atoms with Crippen LogP contribution in [0.25, 0.3) is 32.7 Å². The van der Waals surface area contributed by atoms with Crippen LogP contribution in [0, 0.1) is 19.8 Å². The summed E-state index contributed by atoms with van der Waals surface area (Å²) in [4.78, 5) is 0. The van der Waals surface area contributed by atoms with Crippen LogP contribution in [0.2, 0.25) is 0 Å². The minimum Gasteiger partial charge on any atom is -0.0761 e. The molecular weight excluding hydrogens is 372 g/mol. The highest BCUT2D eigenvalue weighted by Gasteiger charge is 2.39. The van der Waals surface area contributed by atoms with Crippen LogP contribution in [0.15, 0.2) is 85.0 Å². The fourth-order valence-corrected chi connectivity index (χ4v) is 6.31. The van der Waals surface area contributed by atoms with Crippen molar-refractivity contribution in [1.29, 1.82) is 0 Å². The summed E-state index contributed by atoms with van der Waals surface area (Å²) in [6.45, 7) is 4.42. The van der Waals surface area contributed by atoms with Gasteiger partial charge in [-0.1, -0.05) is 96.1 Å². The van der Waals surface area contributed by atoms with Gasteiger partial charge in [0.15, 0.2) is 0 Å². The van der Waals surface area contributed by atoms with E-state index in [1.165, 1.54) is 54.9 Å². The van der Waals surface area contributed by atoms with Crippen LogP contribution < -0.4 is 0 Å². The fourth-order valence-electron chi connectivity index (χ4n) is 6.31. The van der Waals surface area contributed by atoms with Crippen LogP contribution in [0.4, 0.5) is 0 Å². The molecule has 4 aromatic rings. The molecule has 2 unspecified atom stereocenters. The Kier molecular flexibility index (Phi) is 3.39. The molecule has 4 aromatic carbocycles. The molecule has 0 amide bonds. The number of fused-ring (bicyclic) bond motifs is 12. The molecule has 148 valence electrons. The van der Waals surface area contributed by atoms with Crippen LogP contribution in [0.5, 0.6) is 0 Å². The van der Waals surface area contributed by atoms with Crippen molar-refractivity contribution >= 4 is 32.7 Å². The van der Waals surface area contributed by atoms with Gasteiger partial charge >= 0.3 is 0 Å². The lowest BCUT2D eigenvalue weighted by molar-refractivity contribution is 0.707. The molecule has 0 radical (unpaired) electrons. The summed E-state index contributed by atoms with van der Waals surface area (Å²) >= 11 is 0. The van der Waals surface area contributed by atoms with Crippen molar-refractivity contribution in [2.75, 3.05) is 0 Å². The van der Waals surface area contributed by atoms with E-state index in [0.717, 1.165) is 6.42 Å². The zero-order chi connectivity index (χ0) is 20.7. The Hall–Kier alpha value is -3.38. The summed E-state index contributed by atoms with van der Waals surface area (Å²) in [5.74, 6) is 0.846. The average Bonchev–Trinajstić information content (AvgIpc) is 3.20. The molecule has 0 saturated heterocycles. The Morgan fingerprint density at radius 2 is 1.42 bits per heavy atom. The van der Waals surface area contributed by atoms with Crippen molar-refractivity contribution in [2.45, 2.75) is 26.2 Å². The Bertz CT molecular complexity index is 1520. The normalized spacial score (nSPS) is 20.7. The summed E-state index contributed by atoms with van der Waals surface area (Å²) in [5.41, 5.74) is 11.8. The lowest BCUT2D eigenvalue weighted by Crippen LogP contribution is -2.19. The molecule has 0 heterocycles. The molecule has 7 rings (SSSR count). The quantitative estimate of drug-likeness (QED) is 0.265. The van der Waals surface area contributed by atoms with Crippen molar-refractivity contribution in [3.8, 4) is 0 Å². The summed E-state index contributed by atoms with van der Waals surface area (Å²) in [6.07, 6.45) is 10.4. The Morgan fingerprint density at radius 1 is 0.677 bits per heavy atom. The van der Waals surface area contributed by atoms with E-state index in [0.29, 0.717) is 11.8 Å². The van der Waals surface area contributed by atoms with E-state index in [-0.39, 0.29) is 0 Å². The number of aryl methyl sites for hydroxylation is 2. The molecular formula is C31H24. The van der Waals surface area contributed by atoms with Gasteiger partial charge in [0.25, 0.3) is 0 Å². The van der Waals surface area contributed by atoms with Gasteiger partial charge in [0.2, 0.25) is 0 Å². The predicted octanol–water partition coefficient (Wildman–Crippen LogP) is 7.92. The number of hydrogen-bond acceptors (Lipinski definition) is 0. The van der Waals surface area contributed by atoms with E-state index >= 15 is 0 Å².